The summed E-state index contributed by atoms with van der Waals surface area (Å²) in [4.78, 5) is 21.5. The summed E-state index contributed by atoms with van der Waals surface area (Å²) < 4.78 is 5.49. The minimum atomic E-state index is -0.988. The molecule has 21 heavy (non-hydrogen) atoms. The van der Waals surface area contributed by atoms with E-state index in [1.807, 2.05) is 5.43 Å². The Morgan fingerprint density at radius 3 is 2.52 bits per heavy atom. The number of carboxylic acids is 1. The van der Waals surface area contributed by atoms with E-state index in [2.05, 4.69) is 10.5 Å². The number of rotatable bonds is 4. The lowest BCUT2D eigenvalue weighted by Crippen LogP contribution is -2.37. The number of carbonyl (C=O) groups excluding carboxylic acids is 1. The molecule has 0 radical (unpaired) electrons. The number of nitrogens with two attached hydrogens (primary N) is 1. The van der Waals surface area contributed by atoms with Crippen LogP contribution >= 0.6 is 0 Å². The van der Waals surface area contributed by atoms with Crippen molar-refractivity contribution in [2.45, 2.75) is 0 Å². The van der Waals surface area contributed by atoms with Gasteiger partial charge >= 0.3 is 12.0 Å². The molecule has 2 rings (SSSR count). The Morgan fingerprint density at radius 2 is 1.90 bits per heavy atom. The van der Waals surface area contributed by atoms with Crippen molar-refractivity contribution in [3.05, 3.63) is 47.7 Å². The highest BCUT2D eigenvalue weighted by atomic mass is 16.4. The number of amides is 2. The summed E-state index contributed by atoms with van der Waals surface area (Å²) in [6, 6.07) is 8.98. The smallest absolute Gasteiger partial charge is 0.349 e. The molecule has 1 aromatic heterocycles. The number of hydrogen-bond acceptors (Lipinski definition) is 5. The number of hydrazine groups is 1. The third-order valence-corrected chi connectivity index (χ3v) is 2.53. The molecule has 0 aliphatic rings. The summed E-state index contributed by atoms with van der Waals surface area (Å²) in [5.41, 5.74) is 4.90. The molecule has 0 bridgehead atoms. The minimum Gasteiger partial charge on any atom is -0.478 e. The van der Waals surface area contributed by atoms with Gasteiger partial charge in [-0.15, -0.1) is 0 Å². The predicted molar refractivity (Wildman–Crippen MR) is 74.6 cm³/mol. The highest BCUT2D eigenvalue weighted by Crippen LogP contribution is 2.21. The van der Waals surface area contributed by atoms with Crippen molar-refractivity contribution in [3.8, 4) is 11.3 Å². The first kappa shape index (κ1) is 14.3. The van der Waals surface area contributed by atoms with Crippen LogP contribution in [0.25, 0.3) is 11.3 Å². The molecule has 2 amide bonds. The molecule has 1 aromatic carbocycles. The number of hydrazone groups is 1. The zero-order valence-corrected chi connectivity index (χ0v) is 10.7. The summed E-state index contributed by atoms with van der Waals surface area (Å²) in [7, 11) is 0. The first-order chi connectivity index (χ1) is 10.1. The number of urea groups is 1. The molecule has 8 nitrogen and oxygen atoms in total. The summed E-state index contributed by atoms with van der Waals surface area (Å²) >= 11 is 0. The highest BCUT2D eigenvalue weighted by molar-refractivity contribution is 5.88. The molecule has 2 aromatic rings. The lowest BCUT2D eigenvalue weighted by Gasteiger charge is -1.98. The number of furan rings is 1. The summed E-state index contributed by atoms with van der Waals surface area (Å²) in [5.74, 6) is 4.85. The second kappa shape index (κ2) is 6.35. The summed E-state index contributed by atoms with van der Waals surface area (Å²) in [6.45, 7) is 0. The molecule has 8 heteroatoms. The number of aromatic carboxylic acids is 1. The Morgan fingerprint density at radius 1 is 1.19 bits per heavy atom. The number of benzene rings is 1. The van der Waals surface area contributed by atoms with Crippen molar-refractivity contribution in [2.75, 3.05) is 0 Å². The van der Waals surface area contributed by atoms with Gasteiger partial charge in [-0.2, -0.15) is 5.10 Å². The fourth-order valence-corrected chi connectivity index (χ4v) is 1.54. The van der Waals surface area contributed by atoms with Crippen LogP contribution < -0.4 is 16.7 Å². The van der Waals surface area contributed by atoms with Gasteiger partial charge in [0.2, 0.25) is 0 Å². The maximum atomic E-state index is 10.8. The van der Waals surface area contributed by atoms with Gasteiger partial charge in [-0.3, -0.25) is 5.43 Å². The molecular weight excluding hydrogens is 276 g/mol. The van der Waals surface area contributed by atoms with Crippen molar-refractivity contribution in [1.82, 2.24) is 10.9 Å². The van der Waals surface area contributed by atoms with Gasteiger partial charge in [0.25, 0.3) is 0 Å². The van der Waals surface area contributed by atoms with E-state index in [1.165, 1.54) is 18.3 Å². The van der Waals surface area contributed by atoms with E-state index in [4.69, 9.17) is 15.4 Å². The van der Waals surface area contributed by atoms with Gasteiger partial charge in [0, 0.05) is 5.56 Å². The quantitative estimate of drug-likeness (QED) is 0.290. The molecule has 1 heterocycles. The number of nitrogens with one attached hydrogen (secondary N) is 2. The molecule has 0 saturated carbocycles. The van der Waals surface area contributed by atoms with E-state index in [0.717, 1.165) is 5.56 Å². The van der Waals surface area contributed by atoms with Crippen molar-refractivity contribution >= 4 is 18.2 Å². The van der Waals surface area contributed by atoms with E-state index in [-0.39, 0.29) is 5.56 Å². The van der Waals surface area contributed by atoms with Gasteiger partial charge in [0.1, 0.15) is 11.5 Å². The van der Waals surface area contributed by atoms with Crippen LogP contribution in [-0.2, 0) is 0 Å². The van der Waals surface area contributed by atoms with Crippen LogP contribution in [-0.4, -0.2) is 23.3 Å². The lowest BCUT2D eigenvalue weighted by molar-refractivity contribution is 0.0697. The Bertz CT molecular complexity index is 676. The van der Waals surface area contributed by atoms with Crippen LogP contribution in [0, 0.1) is 0 Å². The van der Waals surface area contributed by atoms with Gasteiger partial charge in [-0.1, -0.05) is 12.1 Å². The minimum absolute atomic E-state index is 0.198. The molecule has 0 unspecified atom stereocenters. The van der Waals surface area contributed by atoms with Crippen LogP contribution in [0.1, 0.15) is 16.1 Å². The fourth-order valence-electron chi connectivity index (χ4n) is 1.54. The summed E-state index contributed by atoms with van der Waals surface area (Å²) in [6.07, 6.45) is 1.31. The second-order valence-electron chi connectivity index (χ2n) is 3.93. The fraction of sp³-hybridized carbons (Fsp3) is 0. The molecule has 0 spiro atoms. The highest BCUT2D eigenvalue weighted by Gasteiger charge is 2.06. The predicted octanol–water partition coefficient (Wildman–Crippen LogP) is 1.15. The largest absolute Gasteiger partial charge is 0.478 e. The van der Waals surface area contributed by atoms with Gasteiger partial charge in [0.05, 0.1) is 11.8 Å². The maximum Gasteiger partial charge on any atom is 0.349 e. The Kier molecular flexibility index (Phi) is 4.32. The second-order valence-corrected chi connectivity index (χ2v) is 3.93. The van der Waals surface area contributed by atoms with Crippen LogP contribution in [0.5, 0.6) is 0 Å². The lowest BCUT2D eigenvalue weighted by atomic mass is 10.1. The zero-order valence-electron chi connectivity index (χ0n) is 10.7. The molecule has 108 valence electrons. The third-order valence-electron chi connectivity index (χ3n) is 2.53. The topological polar surface area (TPSA) is 130 Å². The zero-order chi connectivity index (χ0) is 15.2. The van der Waals surface area contributed by atoms with E-state index in [1.54, 1.807) is 24.3 Å². The average molecular weight is 288 g/mol. The van der Waals surface area contributed by atoms with Gasteiger partial charge in [-0.25, -0.2) is 20.9 Å². The van der Waals surface area contributed by atoms with Gasteiger partial charge in [0.15, 0.2) is 0 Å². The molecule has 0 aliphatic heterocycles. The third kappa shape index (κ3) is 3.67. The Labute approximate surface area is 119 Å². The van der Waals surface area contributed by atoms with Crippen molar-refractivity contribution < 1.29 is 19.1 Å². The first-order valence-electron chi connectivity index (χ1n) is 5.83. The average Bonchev–Trinajstić information content (AvgIpc) is 2.96. The molecule has 5 N–H and O–H groups in total. The van der Waals surface area contributed by atoms with E-state index in [9.17, 15) is 9.59 Å². The van der Waals surface area contributed by atoms with E-state index >= 15 is 0 Å². The van der Waals surface area contributed by atoms with Crippen molar-refractivity contribution in [2.24, 2.45) is 10.9 Å². The van der Waals surface area contributed by atoms with Crippen LogP contribution in [0.15, 0.2) is 45.9 Å². The number of nitrogens with zero attached hydrogens (tertiary/aromatic N) is 1. The van der Waals surface area contributed by atoms with Gasteiger partial charge < -0.3 is 9.52 Å². The Hall–Kier alpha value is -3.13. The first-order valence-corrected chi connectivity index (χ1v) is 5.83. The van der Waals surface area contributed by atoms with Crippen molar-refractivity contribution in [3.63, 3.8) is 0 Å². The summed E-state index contributed by atoms with van der Waals surface area (Å²) in [5, 5.41) is 12.4. The standard InChI is InChI=1S/C13H12N4O4/c14-16-13(20)17-15-7-10-5-6-11(21-10)8-1-3-9(4-2-8)12(18)19/h1-7H,14H2,(H,18,19)(H2,16,17,20)/b15-7+. The van der Waals surface area contributed by atoms with Crippen LogP contribution in [0.2, 0.25) is 0 Å². The molecular formula is C13H12N4O4. The molecule has 0 aliphatic carbocycles. The van der Waals surface area contributed by atoms with Crippen molar-refractivity contribution in [1.29, 1.82) is 0 Å². The molecule has 0 fully saturated rings. The van der Waals surface area contributed by atoms with E-state index in [0.29, 0.717) is 11.5 Å². The van der Waals surface area contributed by atoms with Gasteiger partial charge in [-0.05, 0) is 24.3 Å². The molecule has 0 saturated heterocycles. The number of carboxylic acid groups (broad SMARTS) is 1. The number of hydrogen-bond donors (Lipinski definition) is 4. The van der Waals surface area contributed by atoms with Crippen LogP contribution in [0.4, 0.5) is 4.79 Å². The Balaban J connectivity index is 2.09. The normalized spacial score (nSPS) is 10.5. The van der Waals surface area contributed by atoms with E-state index < -0.39 is 12.0 Å². The maximum absolute atomic E-state index is 10.8. The number of carbonyl (C=O) groups is 2. The van der Waals surface area contributed by atoms with Crippen LogP contribution in [0.3, 0.4) is 0 Å². The molecule has 0 atom stereocenters. The SMILES string of the molecule is NNC(=O)N/N=C/c1ccc(-c2ccc(C(=O)O)cc2)o1. The monoisotopic (exact) mass is 288 g/mol.